The topological polar surface area (TPSA) is 60.4 Å². The van der Waals surface area contributed by atoms with Crippen molar-refractivity contribution in [2.45, 2.75) is 12.5 Å². The molecule has 0 saturated carbocycles. The SMILES string of the molecule is O=C([O-])[C@@H](Cc1ccccc1)N1C(=O)/C(=C/c2ccc(Cl)cc2Cl)SC1=S. The van der Waals surface area contributed by atoms with Crippen LogP contribution in [-0.2, 0) is 16.0 Å². The zero-order valence-electron chi connectivity index (χ0n) is 13.7. The van der Waals surface area contributed by atoms with Crippen LogP contribution in [0.1, 0.15) is 11.1 Å². The van der Waals surface area contributed by atoms with Crippen LogP contribution in [0.15, 0.2) is 53.4 Å². The van der Waals surface area contributed by atoms with Crippen molar-refractivity contribution in [3.63, 3.8) is 0 Å². The Bertz CT molecular complexity index is 947. The molecule has 2 aromatic rings. The number of hydrogen-bond acceptors (Lipinski definition) is 5. The van der Waals surface area contributed by atoms with Crippen molar-refractivity contribution >= 4 is 69.5 Å². The lowest BCUT2D eigenvalue weighted by Gasteiger charge is -2.27. The molecule has 0 bridgehead atoms. The number of carboxylic acid groups (broad SMARTS) is 1. The lowest BCUT2D eigenvalue weighted by Crippen LogP contribution is -2.51. The zero-order valence-corrected chi connectivity index (χ0v) is 16.9. The smallest absolute Gasteiger partial charge is 0.266 e. The summed E-state index contributed by atoms with van der Waals surface area (Å²) in [5.41, 5.74) is 1.36. The summed E-state index contributed by atoms with van der Waals surface area (Å²) in [5, 5.41) is 12.6. The molecule has 1 heterocycles. The number of thiocarbonyl (C=S) groups is 1. The third-order valence-corrected chi connectivity index (χ3v) is 5.82. The van der Waals surface area contributed by atoms with E-state index in [1.165, 1.54) is 0 Å². The van der Waals surface area contributed by atoms with Crippen molar-refractivity contribution in [2.75, 3.05) is 0 Å². The van der Waals surface area contributed by atoms with E-state index in [2.05, 4.69) is 0 Å². The van der Waals surface area contributed by atoms with Crippen molar-refractivity contribution in [3.05, 3.63) is 74.6 Å². The lowest BCUT2D eigenvalue weighted by atomic mass is 10.0. The highest BCUT2D eigenvalue weighted by Crippen LogP contribution is 2.36. The lowest BCUT2D eigenvalue weighted by molar-refractivity contribution is -0.310. The molecule has 0 aliphatic carbocycles. The largest absolute Gasteiger partial charge is 0.548 e. The molecule has 2 aromatic carbocycles. The molecule has 138 valence electrons. The monoisotopic (exact) mass is 436 g/mol. The Morgan fingerprint density at radius 1 is 1.22 bits per heavy atom. The summed E-state index contributed by atoms with van der Waals surface area (Å²) in [6.07, 6.45) is 1.68. The maximum absolute atomic E-state index is 12.8. The number of carbonyl (C=O) groups is 2. The van der Waals surface area contributed by atoms with Gasteiger partial charge >= 0.3 is 0 Å². The number of amides is 1. The van der Waals surface area contributed by atoms with Crippen LogP contribution in [0, 0.1) is 0 Å². The molecule has 27 heavy (non-hydrogen) atoms. The first-order valence-corrected chi connectivity index (χ1v) is 9.82. The number of thioether (sulfide) groups is 1. The fourth-order valence-corrected chi connectivity index (χ4v) is 4.44. The standard InChI is InChI=1S/C19H13Cl2NO3S2/c20-13-7-6-12(14(21)10-13)9-16-17(23)22(19(26)27-16)15(18(24)25)8-11-4-2-1-3-5-11/h1-7,9-10,15H,8H2,(H,24,25)/p-1/b16-9-/t15-/m1/s1. The second kappa shape index (κ2) is 8.44. The van der Waals surface area contributed by atoms with E-state index >= 15 is 0 Å². The van der Waals surface area contributed by atoms with Gasteiger partial charge in [-0.1, -0.05) is 83.6 Å². The number of benzene rings is 2. The molecule has 1 fully saturated rings. The molecular weight excluding hydrogens is 425 g/mol. The summed E-state index contributed by atoms with van der Waals surface area (Å²) in [4.78, 5) is 25.9. The first-order chi connectivity index (χ1) is 12.9. The van der Waals surface area contributed by atoms with Crippen molar-refractivity contribution in [2.24, 2.45) is 0 Å². The van der Waals surface area contributed by atoms with Crippen LogP contribution < -0.4 is 5.11 Å². The zero-order chi connectivity index (χ0) is 19.6. The predicted octanol–water partition coefficient (Wildman–Crippen LogP) is 3.56. The van der Waals surface area contributed by atoms with Gasteiger partial charge in [-0.2, -0.15) is 0 Å². The van der Waals surface area contributed by atoms with Crippen LogP contribution >= 0.6 is 47.2 Å². The highest BCUT2D eigenvalue weighted by atomic mass is 35.5. The number of carbonyl (C=O) groups excluding carboxylic acids is 2. The van der Waals surface area contributed by atoms with Crippen LogP contribution in [0.2, 0.25) is 10.0 Å². The summed E-state index contributed by atoms with van der Waals surface area (Å²) in [6, 6.07) is 12.7. The highest BCUT2D eigenvalue weighted by Gasteiger charge is 2.37. The number of carboxylic acids is 1. The van der Waals surface area contributed by atoms with E-state index in [0.29, 0.717) is 20.5 Å². The Balaban J connectivity index is 1.89. The summed E-state index contributed by atoms with van der Waals surface area (Å²) in [5.74, 6) is -1.85. The summed E-state index contributed by atoms with van der Waals surface area (Å²) >= 11 is 18.3. The van der Waals surface area contributed by atoms with Crippen LogP contribution in [0.4, 0.5) is 0 Å². The molecule has 0 N–H and O–H groups in total. The van der Waals surface area contributed by atoms with Crippen molar-refractivity contribution in [3.8, 4) is 0 Å². The summed E-state index contributed by atoms with van der Waals surface area (Å²) < 4.78 is 0.168. The van der Waals surface area contributed by atoms with Gasteiger partial charge in [-0.3, -0.25) is 9.69 Å². The fourth-order valence-electron chi connectivity index (χ4n) is 2.63. The molecule has 1 aliphatic rings. The summed E-state index contributed by atoms with van der Waals surface area (Å²) in [6.45, 7) is 0. The molecule has 1 amide bonds. The van der Waals surface area contributed by atoms with E-state index in [9.17, 15) is 14.7 Å². The third kappa shape index (κ3) is 4.52. The molecular formula is C19H12Cl2NO3S2-. The predicted molar refractivity (Wildman–Crippen MR) is 110 cm³/mol. The van der Waals surface area contributed by atoms with E-state index < -0.39 is 17.9 Å². The average Bonchev–Trinajstić information content (AvgIpc) is 2.90. The van der Waals surface area contributed by atoms with E-state index in [-0.39, 0.29) is 10.7 Å². The van der Waals surface area contributed by atoms with E-state index in [4.69, 9.17) is 35.4 Å². The molecule has 1 aliphatic heterocycles. The molecule has 4 nitrogen and oxygen atoms in total. The number of halogens is 2. The Morgan fingerprint density at radius 2 is 1.93 bits per heavy atom. The van der Waals surface area contributed by atoms with Crippen molar-refractivity contribution in [1.82, 2.24) is 4.90 Å². The Labute approximate surface area is 175 Å². The highest BCUT2D eigenvalue weighted by molar-refractivity contribution is 8.26. The average molecular weight is 437 g/mol. The molecule has 0 unspecified atom stereocenters. The molecule has 8 heteroatoms. The van der Waals surface area contributed by atoms with Gasteiger partial charge in [0.05, 0.1) is 16.9 Å². The molecule has 1 atom stereocenters. The minimum absolute atomic E-state index is 0.102. The van der Waals surface area contributed by atoms with Gasteiger partial charge in [0, 0.05) is 10.0 Å². The van der Waals surface area contributed by atoms with Crippen molar-refractivity contribution in [1.29, 1.82) is 0 Å². The van der Waals surface area contributed by atoms with Gasteiger partial charge in [0.25, 0.3) is 5.91 Å². The fraction of sp³-hybridized carbons (Fsp3) is 0.105. The molecule has 0 spiro atoms. The second-order valence-corrected chi connectivity index (χ2v) is 8.26. The maximum Gasteiger partial charge on any atom is 0.266 e. The number of aliphatic carboxylic acids is 1. The second-order valence-electron chi connectivity index (χ2n) is 5.74. The minimum Gasteiger partial charge on any atom is -0.548 e. The van der Waals surface area contributed by atoms with E-state index in [1.807, 2.05) is 6.07 Å². The van der Waals surface area contributed by atoms with Gasteiger partial charge in [-0.05, 0) is 35.8 Å². The quantitative estimate of drug-likeness (QED) is 0.529. The van der Waals surface area contributed by atoms with Gasteiger partial charge in [0.2, 0.25) is 0 Å². The van der Waals surface area contributed by atoms with Gasteiger partial charge in [-0.25, -0.2) is 0 Å². The molecule has 3 rings (SSSR count). The van der Waals surface area contributed by atoms with Crippen LogP contribution in [0.25, 0.3) is 6.08 Å². The molecule has 1 saturated heterocycles. The van der Waals surface area contributed by atoms with E-state index in [1.54, 1.807) is 48.5 Å². The van der Waals surface area contributed by atoms with E-state index in [0.717, 1.165) is 22.2 Å². The van der Waals surface area contributed by atoms with Crippen LogP contribution in [0.3, 0.4) is 0 Å². The Kier molecular flexibility index (Phi) is 6.22. The molecule has 0 radical (unpaired) electrons. The van der Waals surface area contributed by atoms with Crippen LogP contribution in [-0.4, -0.2) is 27.1 Å². The first kappa shape index (κ1) is 19.9. The number of hydrogen-bond donors (Lipinski definition) is 0. The normalized spacial score (nSPS) is 16.8. The number of rotatable bonds is 5. The number of nitrogens with zero attached hydrogens (tertiary/aromatic N) is 1. The Hall–Kier alpha value is -1.86. The van der Waals surface area contributed by atoms with Crippen LogP contribution in [0.5, 0.6) is 0 Å². The maximum atomic E-state index is 12.8. The molecule has 0 aromatic heterocycles. The minimum atomic E-state index is -1.36. The Morgan fingerprint density at radius 3 is 2.56 bits per heavy atom. The summed E-state index contributed by atoms with van der Waals surface area (Å²) in [7, 11) is 0. The van der Waals surface area contributed by atoms with Gasteiger partial charge < -0.3 is 9.90 Å². The van der Waals surface area contributed by atoms with Gasteiger partial charge in [-0.15, -0.1) is 0 Å². The van der Waals surface area contributed by atoms with Crippen molar-refractivity contribution < 1.29 is 14.7 Å². The third-order valence-electron chi connectivity index (χ3n) is 3.93. The van der Waals surface area contributed by atoms with Gasteiger partial charge in [0.1, 0.15) is 4.32 Å². The first-order valence-electron chi connectivity index (χ1n) is 7.83. The van der Waals surface area contributed by atoms with Gasteiger partial charge in [0.15, 0.2) is 0 Å².